The average Bonchev–Trinajstić information content (AvgIpc) is 2.37. The largest absolute Gasteiger partial charge is 0.283 e. The molecule has 0 amide bonds. The van der Waals surface area contributed by atoms with Crippen molar-refractivity contribution in [3.05, 3.63) is 28.8 Å². The summed E-state index contributed by atoms with van der Waals surface area (Å²) < 4.78 is 27.4. The zero-order chi connectivity index (χ0) is 12.1. The van der Waals surface area contributed by atoms with E-state index >= 15 is 0 Å². The van der Waals surface area contributed by atoms with Crippen LogP contribution in [0.5, 0.6) is 0 Å². The van der Waals surface area contributed by atoms with Gasteiger partial charge in [-0.15, -0.1) is 0 Å². The van der Waals surface area contributed by atoms with Crippen molar-refractivity contribution in [2.45, 2.75) is 25.7 Å². The molecule has 0 bridgehead atoms. The van der Waals surface area contributed by atoms with Crippen LogP contribution in [0.15, 0.2) is 27.5 Å². The molecule has 1 heterocycles. The quantitative estimate of drug-likeness (QED) is 0.717. The summed E-state index contributed by atoms with van der Waals surface area (Å²) in [5.74, 6) is 0. The van der Waals surface area contributed by atoms with E-state index in [0.29, 0.717) is 16.3 Å². The summed E-state index contributed by atoms with van der Waals surface area (Å²) >= 11 is 5.88. The zero-order valence-electron chi connectivity index (χ0n) is 9.28. The molecule has 0 spiro atoms. The maximum Gasteiger partial charge on any atom is 0.283 e. The van der Waals surface area contributed by atoms with E-state index in [1.54, 1.807) is 12.1 Å². The van der Waals surface area contributed by atoms with E-state index in [4.69, 9.17) is 11.6 Å². The van der Waals surface area contributed by atoms with Crippen LogP contribution in [-0.4, -0.2) is 14.1 Å². The highest BCUT2D eigenvalue weighted by Crippen LogP contribution is 2.35. The van der Waals surface area contributed by atoms with Crippen LogP contribution in [0.25, 0.3) is 0 Å². The zero-order valence-corrected chi connectivity index (χ0v) is 10.9. The van der Waals surface area contributed by atoms with Gasteiger partial charge in [0.05, 0.1) is 10.6 Å². The number of benzene rings is 1. The van der Waals surface area contributed by atoms with Crippen LogP contribution in [0.2, 0.25) is 5.02 Å². The smallest absolute Gasteiger partial charge is 0.199 e. The minimum Gasteiger partial charge on any atom is -0.199 e. The van der Waals surface area contributed by atoms with Crippen LogP contribution in [0, 0.1) is 5.41 Å². The van der Waals surface area contributed by atoms with Crippen molar-refractivity contribution in [3.8, 4) is 0 Å². The molecule has 0 atom stereocenters. The topological polar surface area (TPSA) is 46.5 Å². The molecule has 0 aromatic heterocycles. The van der Waals surface area contributed by atoms with Crippen molar-refractivity contribution >= 4 is 27.3 Å². The highest BCUT2D eigenvalue weighted by Gasteiger charge is 2.34. The Bertz CT molecular complexity index is 582. The molecule has 1 aliphatic rings. The summed E-state index contributed by atoms with van der Waals surface area (Å²) in [6.07, 6.45) is 0. The molecular weight excluding hydrogens is 246 g/mol. The second kappa shape index (κ2) is 3.31. The third-order valence-electron chi connectivity index (χ3n) is 2.40. The second-order valence-electron chi connectivity index (χ2n) is 4.81. The van der Waals surface area contributed by atoms with Crippen LogP contribution in [-0.2, 0) is 10.0 Å². The molecule has 0 aliphatic carbocycles. The molecule has 86 valence electrons. The molecule has 0 radical (unpaired) electrons. The van der Waals surface area contributed by atoms with Crippen molar-refractivity contribution in [1.29, 1.82) is 0 Å². The van der Waals surface area contributed by atoms with Crippen molar-refractivity contribution < 1.29 is 8.42 Å². The van der Waals surface area contributed by atoms with E-state index in [-0.39, 0.29) is 10.3 Å². The summed E-state index contributed by atoms with van der Waals surface area (Å²) in [5.41, 5.74) is 0.883. The van der Waals surface area contributed by atoms with Crippen LogP contribution in [0.4, 0.5) is 0 Å². The lowest BCUT2D eigenvalue weighted by molar-refractivity contribution is 0.589. The third-order valence-corrected chi connectivity index (χ3v) is 3.97. The molecule has 0 N–H and O–H groups in total. The van der Waals surface area contributed by atoms with Gasteiger partial charge in [-0.2, -0.15) is 12.8 Å². The monoisotopic (exact) mass is 257 g/mol. The molecule has 16 heavy (non-hydrogen) atoms. The minimum atomic E-state index is -3.53. The number of nitrogens with zero attached hydrogens (tertiary/aromatic N) is 1. The number of hydrogen-bond donors (Lipinski definition) is 0. The minimum absolute atomic E-state index is 0.252. The van der Waals surface area contributed by atoms with Crippen molar-refractivity contribution in [3.63, 3.8) is 0 Å². The predicted molar refractivity (Wildman–Crippen MR) is 64.6 cm³/mol. The molecule has 1 aromatic rings. The first kappa shape index (κ1) is 11.6. The van der Waals surface area contributed by atoms with Crippen LogP contribution >= 0.6 is 11.6 Å². The standard InChI is InChI=1S/C11H12ClNO2S/c1-11(2,3)10-8-6-7(12)4-5-9(8)16(14,15)13-10/h4-6H,1-3H3. The highest BCUT2D eigenvalue weighted by atomic mass is 35.5. The normalized spacial score (nSPS) is 18.1. The Balaban J connectivity index is 2.77. The van der Waals surface area contributed by atoms with Gasteiger partial charge in [-0.25, -0.2) is 0 Å². The molecule has 5 heteroatoms. The Morgan fingerprint density at radius 2 is 1.88 bits per heavy atom. The number of rotatable bonds is 0. The molecule has 0 saturated heterocycles. The molecular formula is C11H12ClNO2S. The van der Waals surface area contributed by atoms with E-state index in [1.807, 2.05) is 20.8 Å². The predicted octanol–water partition coefficient (Wildman–Crippen LogP) is 2.88. The van der Waals surface area contributed by atoms with Gasteiger partial charge in [-0.1, -0.05) is 32.4 Å². The SMILES string of the molecule is CC(C)(C)C1=NS(=O)(=O)c2ccc(Cl)cc21. The fourth-order valence-electron chi connectivity index (χ4n) is 1.67. The van der Waals surface area contributed by atoms with Gasteiger partial charge >= 0.3 is 0 Å². The van der Waals surface area contributed by atoms with E-state index in [9.17, 15) is 8.42 Å². The Morgan fingerprint density at radius 1 is 1.25 bits per heavy atom. The first-order valence-electron chi connectivity index (χ1n) is 4.87. The van der Waals surface area contributed by atoms with Gasteiger partial charge in [-0.3, -0.25) is 0 Å². The maximum absolute atomic E-state index is 11.8. The van der Waals surface area contributed by atoms with Crippen molar-refractivity contribution in [2.75, 3.05) is 0 Å². The highest BCUT2D eigenvalue weighted by molar-refractivity contribution is 7.90. The first-order valence-corrected chi connectivity index (χ1v) is 6.69. The fraction of sp³-hybridized carbons (Fsp3) is 0.364. The van der Waals surface area contributed by atoms with Crippen molar-refractivity contribution in [2.24, 2.45) is 9.81 Å². The Hall–Kier alpha value is -0.870. The van der Waals surface area contributed by atoms with Crippen molar-refractivity contribution in [1.82, 2.24) is 0 Å². The Labute approximate surface area is 100 Å². The third kappa shape index (κ3) is 1.76. The van der Waals surface area contributed by atoms with E-state index in [2.05, 4.69) is 4.40 Å². The Kier molecular flexibility index (Phi) is 2.40. The summed E-state index contributed by atoms with van der Waals surface area (Å²) in [6, 6.07) is 4.74. The van der Waals surface area contributed by atoms with Gasteiger partial charge in [0.2, 0.25) is 0 Å². The van der Waals surface area contributed by atoms with Gasteiger partial charge in [0.25, 0.3) is 10.0 Å². The van der Waals surface area contributed by atoms with Gasteiger partial charge in [0.1, 0.15) is 0 Å². The molecule has 0 fully saturated rings. The van der Waals surface area contributed by atoms with Gasteiger partial charge in [0.15, 0.2) is 0 Å². The van der Waals surface area contributed by atoms with E-state index < -0.39 is 10.0 Å². The molecule has 0 unspecified atom stereocenters. The first-order chi connectivity index (χ1) is 7.22. The lowest BCUT2D eigenvalue weighted by Gasteiger charge is -2.18. The fourth-order valence-corrected chi connectivity index (χ4v) is 3.23. The lowest BCUT2D eigenvalue weighted by Crippen LogP contribution is -2.19. The number of hydrogen-bond acceptors (Lipinski definition) is 2. The number of halogens is 1. The van der Waals surface area contributed by atoms with Crippen LogP contribution < -0.4 is 0 Å². The van der Waals surface area contributed by atoms with Crippen LogP contribution in [0.1, 0.15) is 26.3 Å². The summed E-state index contributed by atoms with van der Waals surface area (Å²) in [5, 5.41) is 0.521. The summed E-state index contributed by atoms with van der Waals surface area (Å²) in [4.78, 5) is 0.252. The molecule has 0 saturated carbocycles. The number of fused-ring (bicyclic) bond motifs is 1. The summed E-state index contributed by atoms with van der Waals surface area (Å²) in [6.45, 7) is 5.78. The van der Waals surface area contributed by atoms with Gasteiger partial charge < -0.3 is 0 Å². The van der Waals surface area contributed by atoms with Crippen LogP contribution in [0.3, 0.4) is 0 Å². The molecule has 1 aromatic carbocycles. The maximum atomic E-state index is 11.8. The van der Waals surface area contributed by atoms with Gasteiger partial charge in [-0.05, 0) is 18.2 Å². The van der Waals surface area contributed by atoms with Gasteiger partial charge in [0, 0.05) is 16.0 Å². The second-order valence-corrected chi connectivity index (χ2v) is 6.81. The number of sulfonamides is 1. The van der Waals surface area contributed by atoms with E-state index in [0.717, 1.165) is 0 Å². The molecule has 2 rings (SSSR count). The average molecular weight is 258 g/mol. The lowest BCUT2D eigenvalue weighted by atomic mass is 9.86. The molecule has 1 aliphatic heterocycles. The van der Waals surface area contributed by atoms with E-state index in [1.165, 1.54) is 6.07 Å². The Morgan fingerprint density at radius 3 is 2.44 bits per heavy atom. The summed E-state index contributed by atoms with van der Waals surface area (Å²) in [7, 11) is -3.53. The molecule has 3 nitrogen and oxygen atoms in total.